The first-order valence-electron chi connectivity index (χ1n) is 10.3. The Hall–Kier alpha value is -2.59. The molecule has 0 aromatic heterocycles. The van der Waals surface area contributed by atoms with E-state index >= 15 is 0 Å². The van der Waals surface area contributed by atoms with Crippen LogP contribution < -0.4 is 4.74 Å². The lowest BCUT2D eigenvalue weighted by atomic mass is 9.68. The van der Waals surface area contributed by atoms with Crippen LogP contribution in [-0.4, -0.2) is 37.6 Å². The first kappa shape index (κ1) is 19.7. The fourth-order valence-corrected chi connectivity index (χ4v) is 4.87. The summed E-state index contributed by atoms with van der Waals surface area (Å²) in [4.78, 5) is 15.0. The number of nitrogens with zero attached hydrogens (tertiary/aromatic N) is 1. The van der Waals surface area contributed by atoms with Gasteiger partial charge >= 0.3 is 5.97 Å². The molecule has 0 spiro atoms. The quantitative estimate of drug-likeness (QED) is 0.703. The molecule has 0 bridgehead atoms. The van der Waals surface area contributed by atoms with Crippen LogP contribution >= 0.6 is 0 Å². The fourth-order valence-electron chi connectivity index (χ4n) is 4.87. The van der Waals surface area contributed by atoms with Crippen molar-refractivity contribution in [2.24, 2.45) is 0 Å². The highest BCUT2D eigenvalue weighted by Crippen LogP contribution is 2.48. The van der Waals surface area contributed by atoms with E-state index in [0.29, 0.717) is 11.6 Å². The van der Waals surface area contributed by atoms with Crippen LogP contribution in [0.4, 0.5) is 0 Å². The van der Waals surface area contributed by atoms with Gasteiger partial charge in [0.1, 0.15) is 11.5 Å². The Labute approximate surface area is 173 Å². The van der Waals surface area contributed by atoms with Crippen molar-refractivity contribution in [2.45, 2.75) is 44.6 Å². The molecule has 0 amide bonds. The van der Waals surface area contributed by atoms with Gasteiger partial charge in [0.2, 0.25) is 0 Å². The molecule has 152 valence electrons. The van der Waals surface area contributed by atoms with E-state index < -0.39 is 0 Å². The summed E-state index contributed by atoms with van der Waals surface area (Å²) in [7, 11) is 3.89. The number of benzene rings is 2. The standard InChI is InChI=1S/C25H29NO3/c1-17-5-7-19(8-6-17)24(27)29-21-11-12-25(13-14-26(3)23(25)16-21)20-9-10-22(28-4)18(2)15-20/h5-11,15,23H,12-14,16H2,1-4H3. The third-order valence-corrected chi connectivity index (χ3v) is 6.65. The van der Waals surface area contributed by atoms with E-state index in [2.05, 4.69) is 43.1 Å². The predicted octanol–water partition coefficient (Wildman–Crippen LogP) is 4.79. The summed E-state index contributed by atoms with van der Waals surface area (Å²) in [6.45, 7) is 5.15. The van der Waals surface area contributed by atoms with Crippen molar-refractivity contribution in [1.29, 1.82) is 0 Å². The number of methoxy groups -OCH3 is 1. The third-order valence-electron chi connectivity index (χ3n) is 6.65. The van der Waals surface area contributed by atoms with E-state index in [-0.39, 0.29) is 11.4 Å². The molecule has 1 aliphatic carbocycles. The van der Waals surface area contributed by atoms with Crippen molar-refractivity contribution < 1.29 is 14.3 Å². The number of allylic oxidation sites excluding steroid dienone is 1. The van der Waals surface area contributed by atoms with Crippen LogP contribution in [0.15, 0.2) is 54.3 Å². The lowest BCUT2D eigenvalue weighted by molar-refractivity contribution is 0.0579. The van der Waals surface area contributed by atoms with E-state index in [9.17, 15) is 4.79 Å². The number of hydrogen-bond acceptors (Lipinski definition) is 4. The Balaban J connectivity index is 1.58. The number of esters is 1. The molecule has 4 heteroatoms. The molecule has 1 aliphatic heterocycles. The van der Waals surface area contributed by atoms with Crippen LogP contribution in [0.1, 0.15) is 46.3 Å². The van der Waals surface area contributed by atoms with Gasteiger partial charge in [-0.25, -0.2) is 4.79 Å². The summed E-state index contributed by atoms with van der Waals surface area (Å²) in [5, 5.41) is 0. The van der Waals surface area contributed by atoms with Crippen LogP contribution in [-0.2, 0) is 10.2 Å². The average molecular weight is 392 g/mol. The zero-order valence-electron chi connectivity index (χ0n) is 17.7. The number of carbonyl (C=O) groups excluding carboxylic acids is 1. The van der Waals surface area contributed by atoms with Crippen LogP contribution in [0.3, 0.4) is 0 Å². The number of hydrogen-bond donors (Lipinski definition) is 0. The predicted molar refractivity (Wildman–Crippen MR) is 114 cm³/mol. The van der Waals surface area contributed by atoms with Gasteiger partial charge in [-0.1, -0.05) is 29.8 Å². The Bertz CT molecular complexity index is 947. The number of likely N-dealkylation sites (N-methyl/N-ethyl adjacent to an activating group) is 1. The summed E-state index contributed by atoms with van der Waals surface area (Å²) in [6, 6.07) is 14.4. The maximum absolute atomic E-state index is 12.6. The lowest BCUT2D eigenvalue weighted by Crippen LogP contribution is -2.43. The van der Waals surface area contributed by atoms with Gasteiger partial charge in [-0.05, 0) is 75.7 Å². The van der Waals surface area contributed by atoms with Crippen molar-refractivity contribution in [3.63, 3.8) is 0 Å². The first-order valence-corrected chi connectivity index (χ1v) is 10.3. The summed E-state index contributed by atoms with van der Waals surface area (Å²) >= 11 is 0. The van der Waals surface area contributed by atoms with E-state index in [4.69, 9.17) is 9.47 Å². The van der Waals surface area contributed by atoms with Crippen LogP contribution in [0.2, 0.25) is 0 Å². The van der Waals surface area contributed by atoms with Gasteiger partial charge in [0.05, 0.1) is 12.7 Å². The minimum Gasteiger partial charge on any atom is -0.496 e. The maximum atomic E-state index is 12.6. The number of ether oxygens (including phenoxy) is 2. The van der Waals surface area contributed by atoms with Crippen molar-refractivity contribution >= 4 is 5.97 Å². The second-order valence-corrected chi connectivity index (χ2v) is 8.42. The molecular weight excluding hydrogens is 362 g/mol. The van der Waals surface area contributed by atoms with E-state index in [0.717, 1.165) is 48.4 Å². The second-order valence-electron chi connectivity index (χ2n) is 8.42. The summed E-state index contributed by atoms with van der Waals surface area (Å²) in [5.41, 5.74) is 4.30. The van der Waals surface area contributed by atoms with Gasteiger partial charge in [-0.3, -0.25) is 0 Å². The summed E-state index contributed by atoms with van der Waals surface area (Å²) in [6.07, 6.45) is 4.86. The lowest BCUT2D eigenvalue weighted by Gasteiger charge is -2.40. The number of fused-ring (bicyclic) bond motifs is 1. The zero-order valence-corrected chi connectivity index (χ0v) is 17.7. The minimum atomic E-state index is -0.273. The van der Waals surface area contributed by atoms with Crippen molar-refractivity contribution in [3.8, 4) is 5.75 Å². The molecule has 4 rings (SSSR count). The number of aryl methyl sites for hydroxylation is 2. The Kier molecular flexibility index (Phi) is 5.22. The van der Waals surface area contributed by atoms with E-state index in [1.807, 2.05) is 31.2 Å². The van der Waals surface area contributed by atoms with Crippen LogP contribution in [0.25, 0.3) is 0 Å². The fraction of sp³-hybridized carbons (Fsp3) is 0.400. The Morgan fingerprint density at radius 3 is 2.59 bits per heavy atom. The molecule has 0 N–H and O–H groups in total. The van der Waals surface area contributed by atoms with Gasteiger partial charge in [0.15, 0.2) is 0 Å². The second kappa shape index (κ2) is 7.68. The van der Waals surface area contributed by atoms with Crippen molar-refractivity contribution in [3.05, 3.63) is 76.6 Å². The molecular formula is C25H29NO3. The smallest absolute Gasteiger partial charge is 0.343 e. The topological polar surface area (TPSA) is 38.8 Å². The first-order chi connectivity index (χ1) is 13.9. The van der Waals surface area contributed by atoms with Gasteiger partial charge in [0, 0.05) is 17.9 Å². The number of rotatable bonds is 4. The normalized spacial score (nSPS) is 24.0. The summed E-state index contributed by atoms with van der Waals surface area (Å²) < 4.78 is 11.2. The highest BCUT2D eigenvalue weighted by molar-refractivity contribution is 5.90. The van der Waals surface area contributed by atoms with Crippen molar-refractivity contribution in [2.75, 3.05) is 20.7 Å². The van der Waals surface area contributed by atoms with Gasteiger partial charge in [-0.15, -0.1) is 0 Å². The maximum Gasteiger partial charge on any atom is 0.343 e. The monoisotopic (exact) mass is 391 g/mol. The van der Waals surface area contributed by atoms with Crippen LogP contribution in [0.5, 0.6) is 5.75 Å². The van der Waals surface area contributed by atoms with Crippen molar-refractivity contribution in [1.82, 2.24) is 4.90 Å². The van der Waals surface area contributed by atoms with E-state index in [1.54, 1.807) is 7.11 Å². The summed E-state index contributed by atoms with van der Waals surface area (Å²) in [5.74, 6) is 1.44. The Morgan fingerprint density at radius 2 is 1.90 bits per heavy atom. The molecule has 1 fully saturated rings. The Morgan fingerprint density at radius 1 is 1.14 bits per heavy atom. The molecule has 1 heterocycles. The molecule has 2 unspecified atom stereocenters. The average Bonchev–Trinajstić information content (AvgIpc) is 3.06. The number of carbonyl (C=O) groups is 1. The molecule has 2 atom stereocenters. The molecule has 2 aromatic carbocycles. The molecule has 1 saturated heterocycles. The van der Waals surface area contributed by atoms with Gasteiger partial charge < -0.3 is 14.4 Å². The van der Waals surface area contributed by atoms with Gasteiger partial charge in [-0.2, -0.15) is 0 Å². The number of likely N-dealkylation sites (tertiary alicyclic amines) is 1. The SMILES string of the molecule is COc1ccc(C23CC=C(OC(=O)c4ccc(C)cc4)CC2N(C)CC3)cc1C. The molecule has 4 nitrogen and oxygen atoms in total. The molecule has 0 saturated carbocycles. The minimum absolute atomic E-state index is 0.0611. The largest absolute Gasteiger partial charge is 0.496 e. The van der Waals surface area contributed by atoms with E-state index in [1.165, 1.54) is 5.56 Å². The molecule has 0 radical (unpaired) electrons. The molecule has 2 aliphatic rings. The molecule has 2 aromatic rings. The van der Waals surface area contributed by atoms with Crippen LogP contribution in [0, 0.1) is 13.8 Å². The highest BCUT2D eigenvalue weighted by atomic mass is 16.5. The zero-order chi connectivity index (χ0) is 20.6. The van der Waals surface area contributed by atoms with Gasteiger partial charge in [0.25, 0.3) is 0 Å². The molecule has 29 heavy (non-hydrogen) atoms. The third kappa shape index (κ3) is 3.58. The highest BCUT2D eigenvalue weighted by Gasteiger charge is 2.49.